The first-order valence-electron chi connectivity index (χ1n) is 7.74. The molecular formula is C15H19N3O5S2. The molecule has 0 spiro atoms. The first kappa shape index (κ1) is 18.1. The van der Waals surface area contributed by atoms with Crippen LogP contribution in [0.25, 0.3) is 0 Å². The second kappa shape index (κ2) is 6.87. The highest BCUT2D eigenvalue weighted by molar-refractivity contribution is 7.89. The summed E-state index contributed by atoms with van der Waals surface area (Å²) in [5, 5.41) is 4.71. The van der Waals surface area contributed by atoms with E-state index in [1.165, 1.54) is 28.6 Å². The van der Waals surface area contributed by atoms with E-state index < -0.39 is 15.9 Å². The summed E-state index contributed by atoms with van der Waals surface area (Å²) in [6.45, 7) is 5.71. The predicted octanol–water partition coefficient (Wildman–Crippen LogP) is 2.09. The molecule has 8 nitrogen and oxygen atoms in total. The van der Waals surface area contributed by atoms with Crippen molar-refractivity contribution in [1.29, 1.82) is 0 Å². The largest absolute Gasteiger partial charge is 0.455 e. The highest BCUT2D eigenvalue weighted by Gasteiger charge is 2.35. The fourth-order valence-corrected chi connectivity index (χ4v) is 5.02. The molecule has 0 aliphatic carbocycles. The number of amides is 1. The number of carbonyl (C=O) groups excluding carboxylic acids is 1. The molecule has 136 valence electrons. The Morgan fingerprint density at radius 2 is 2.04 bits per heavy atom. The van der Waals surface area contributed by atoms with Crippen LogP contribution in [0.5, 0.6) is 0 Å². The van der Waals surface area contributed by atoms with Crippen LogP contribution < -0.4 is 5.32 Å². The zero-order valence-electron chi connectivity index (χ0n) is 14.1. The van der Waals surface area contributed by atoms with Gasteiger partial charge < -0.3 is 9.15 Å². The van der Waals surface area contributed by atoms with Gasteiger partial charge in [-0.05, 0) is 20.8 Å². The summed E-state index contributed by atoms with van der Waals surface area (Å²) in [6.07, 6.45) is 1.17. The molecule has 10 heteroatoms. The molecule has 2 unspecified atom stereocenters. The fraction of sp³-hybridized carbons (Fsp3) is 0.467. The number of aromatic nitrogens is 1. The first-order chi connectivity index (χ1) is 11.8. The van der Waals surface area contributed by atoms with E-state index in [0.717, 1.165) is 0 Å². The minimum Gasteiger partial charge on any atom is -0.455 e. The summed E-state index contributed by atoms with van der Waals surface area (Å²) in [7, 11) is -3.77. The number of sulfonamides is 1. The molecule has 0 radical (unpaired) electrons. The third kappa shape index (κ3) is 3.76. The number of carbonyl (C=O) groups is 1. The second-order valence-electron chi connectivity index (χ2n) is 5.90. The number of morpholine rings is 1. The maximum absolute atomic E-state index is 12.9. The van der Waals surface area contributed by atoms with Crippen LogP contribution in [0, 0.1) is 6.92 Å². The molecule has 3 heterocycles. The Bertz CT molecular complexity index is 850. The molecule has 1 fully saturated rings. The Hall–Kier alpha value is -1.75. The molecule has 1 aliphatic heterocycles. The number of ether oxygens (including phenoxy) is 1. The van der Waals surface area contributed by atoms with Crippen LogP contribution in [0.1, 0.15) is 30.2 Å². The topological polar surface area (TPSA) is 102 Å². The molecule has 2 atom stereocenters. The molecule has 1 saturated heterocycles. The fourth-order valence-electron chi connectivity index (χ4n) is 2.74. The van der Waals surface area contributed by atoms with Crippen molar-refractivity contribution in [3.05, 3.63) is 29.2 Å². The zero-order valence-corrected chi connectivity index (χ0v) is 15.7. The number of hydrogen-bond acceptors (Lipinski definition) is 7. The summed E-state index contributed by atoms with van der Waals surface area (Å²) >= 11 is 1.26. The molecule has 0 aromatic carbocycles. The standard InChI is InChI=1S/C15H19N3O5S2/c1-9-7-18(8-10(2)22-9)25(20,21)13-6-12(23-11(13)3)14(19)17-15-16-4-5-24-15/h4-6,9-10H,7-8H2,1-3H3,(H,16,17,19). The van der Waals surface area contributed by atoms with Crippen LogP contribution >= 0.6 is 11.3 Å². The number of aryl methyl sites for hydroxylation is 1. The molecule has 1 aliphatic rings. The lowest BCUT2D eigenvalue weighted by Gasteiger charge is -2.34. The molecule has 0 bridgehead atoms. The molecule has 2 aromatic rings. The van der Waals surface area contributed by atoms with Gasteiger partial charge in [0.1, 0.15) is 10.7 Å². The van der Waals surface area contributed by atoms with Gasteiger partial charge in [-0.1, -0.05) is 0 Å². The number of thiazole rings is 1. The van der Waals surface area contributed by atoms with Gasteiger partial charge in [0, 0.05) is 30.7 Å². The Morgan fingerprint density at radius 1 is 1.36 bits per heavy atom. The quantitative estimate of drug-likeness (QED) is 0.865. The summed E-state index contributed by atoms with van der Waals surface area (Å²) in [5.74, 6) is -0.431. The lowest BCUT2D eigenvalue weighted by atomic mass is 10.3. The van der Waals surface area contributed by atoms with E-state index in [2.05, 4.69) is 10.3 Å². The molecule has 2 aromatic heterocycles. The van der Waals surface area contributed by atoms with Crippen LogP contribution in [0.4, 0.5) is 5.13 Å². The van der Waals surface area contributed by atoms with Gasteiger partial charge >= 0.3 is 0 Å². The van der Waals surface area contributed by atoms with Gasteiger partial charge in [0.25, 0.3) is 5.91 Å². The number of nitrogens with zero attached hydrogens (tertiary/aromatic N) is 2. The van der Waals surface area contributed by atoms with Crippen LogP contribution in [0.2, 0.25) is 0 Å². The van der Waals surface area contributed by atoms with Crippen LogP contribution in [0.3, 0.4) is 0 Å². The number of hydrogen-bond donors (Lipinski definition) is 1. The number of anilines is 1. The highest BCUT2D eigenvalue weighted by atomic mass is 32.2. The van der Waals surface area contributed by atoms with Gasteiger partial charge in [0.05, 0.1) is 12.2 Å². The molecule has 3 rings (SSSR count). The molecular weight excluding hydrogens is 366 g/mol. The summed E-state index contributed by atoms with van der Waals surface area (Å²) in [5.41, 5.74) is 0. The predicted molar refractivity (Wildman–Crippen MR) is 92.3 cm³/mol. The Morgan fingerprint density at radius 3 is 2.64 bits per heavy atom. The Kier molecular flexibility index (Phi) is 4.96. The first-order valence-corrected chi connectivity index (χ1v) is 10.1. The maximum Gasteiger partial charge on any atom is 0.293 e. The van der Waals surface area contributed by atoms with Crippen molar-refractivity contribution in [2.75, 3.05) is 18.4 Å². The molecule has 1 N–H and O–H groups in total. The van der Waals surface area contributed by atoms with E-state index in [9.17, 15) is 13.2 Å². The molecule has 0 saturated carbocycles. The van der Waals surface area contributed by atoms with Crippen molar-refractivity contribution >= 4 is 32.4 Å². The van der Waals surface area contributed by atoms with Gasteiger partial charge in [-0.25, -0.2) is 13.4 Å². The number of rotatable bonds is 4. The third-order valence-electron chi connectivity index (χ3n) is 3.75. The average molecular weight is 385 g/mol. The highest BCUT2D eigenvalue weighted by Crippen LogP contribution is 2.27. The van der Waals surface area contributed by atoms with Crippen molar-refractivity contribution < 1.29 is 22.4 Å². The van der Waals surface area contributed by atoms with E-state index >= 15 is 0 Å². The van der Waals surface area contributed by atoms with Crippen LogP contribution in [-0.2, 0) is 14.8 Å². The van der Waals surface area contributed by atoms with E-state index in [1.807, 2.05) is 13.8 Å². The molecule has 1 amide bonds. The van der Waals surface area contributed by atoms with Gasteiger partial charge in [-0.3, -0.25) is 10.1 Å². The van der Waals surface area contributed by atoms with Crippen molar-refractivity contribution in [2.45, 2.75) is 37.9 Å². The van der Waals surface area contributed by atoms with Crippen molar-refractivity contribution in [1.82, 2.24) is 9.29 Å². The Balaban J connectivity index is 1.85. The Labute approximate surface area is 149 Å². The maximum atomic E-state index is 12.9. The second-order valence-corrected chi connectivity index (χ2v) is 8.70. The summed E-state index contributed by atoms with van der Waals surface area (Å²) in [4.78, 5) is 16.2. The van der Waals surface area contributed by atoms with E-state index in [0.29, 0.717) is 5.13 Å². The average Bonchev–Trinajstić information content (AvgIpc) is 3.16. The normalized spacial score (nSPS) is 22.0. The van der Waals surface area contributed by atoms with E-state index in [-0.39, 0.29) is 41.7 Å². The monoisotopic (exact) mass is 385 g/mol. The van der Waals surface area contributed by atoms with Crippen molar-refractivity contribution in [2.24, 2.45) is 0 Å². The minimum atomic E-state index is -3.77. The SMILES string of the molecule is Cc1oc(C(=O)Nc2nccs2)cc1S(=O)(=O)N1CC(C)OC(C)C1. The van der Waals surface area contributed by atoms with E-state index in [1.54, 1.807) is 11.6 Å². The third-order valence-corrected chi connectivity index (χ3v) is 6.38. The lowest BCUT2D eigenvalue weighted by molar-refractivity contribution is -0.0441. The van der Waals surface area contributed by atoms with Gasteiger partial charge in [0.2, 0.25) is 10.0 Å². The summed E-state index contributed by atoms with van der Waals surface area (Å²) in [6, 6.07) is 1.26. The van der Waals surface area contributed by atoms with Crippen molar-refractivity contribution in [3.8, 4) is 0 Å². The van der Waals surface area contributed by atoms with E-state index in [4.69, 9.17) is 9.15 Å². The van der Waals surface area contributed by atoms with Gasteiger partial charge in [-0.15, -0.1) is 11.3 Å². The van der Waals surface area contributed by atoms with Gasteiger partial charge in [-0.2, -0.15) is 4.31 Å². The minimum absolute atomic E-state index is 0.00177. The smallest absolute Gasteiger partial charge is 0.293 e. The van der Waals surface area contributed by atoms with Crippen LogP contribution in [-0.4, -0.2) is 48.9 Å². The summed E-state index contributed by atoms with van der Waals surface area (Å²) < 4.78 is 38.2. The number of furan rings is 1. The van der Waals surface area contributed by atoms with Crippen LogP contribution in [0.15, 0.2) is 27.0 Å². The van der Waals surface area contributed by atoms with Crippen molar-refractivity contribution in [3.63, 3.8) is 0 Å². The zero-order chi connectivity index (χ0) is 18.2. The van der Waals surface area contributed by atoms with Gasteiger partial charge in [0.15, 0.2) is 10.9 Å². The number of nitrogens with one attached hydrogen (secondary N) is 1. The molecule has 25 heavy (non-hydrogen) atoms. The lowest BCUT2D eigenvalue weighted by Crippen LogP contribution is -2.48.